The van der Waals surface area contributed by atoms with Crippen molar-refractivity contribution < 1.29 is 5.11 Å². The summed E-state index contributed by atoms with van der Waals surface area (Å²) in [4.78, 5) is 0. The lowest BCUT2D eigenvalue weighted by atomic mass is 9.66. The molecule has 0 saturated carbocycles. The molecule has 0 aliphatic heterocycles. The molecule has 24 heavy (non-hydrogen) atoms. The molecule has 3 rings (SSSR count). The fourth-order valence-corrected chi connectivity index (χ4v) is 3.66. The summed E-state index contributed by atoms with van der Waals surface area (Å²) in [6.45, 7) is 0. The molecule has 0 aliphatic rings. The van der Waals surface area contributed by atoms with Crippen LogP contribution < -0.4 is 0 Å². The van der Waals surface area contributed by atoms with Gasteiger partial charge in [0.05, 0.1) is 6.10 Å². The van der Waals surface area contributed by atoms with Crippen molar-refractivity contribution in [2.24, 2.45) is 0 Å². The Bertz CT molecular complexity index is 644. The molecule has 0 spiro atoms. The Kier molecular flexibility index (Phi) is 5.49. The van der Waals surface area contributed by atoms with Gasteiger partial charge in [-0.15, -0.1) is 0 Å². The van der Waals surface area contributed by atoms with Gasteiger partial charge in [0, 0.05) is 10.7 Å². The zero-order valence-electron chi connectivity index (χ0n) is 13.5. The predicted molar refractivity (Wildman–Crippen MR) is 104 cm³/mol. The number of rotatable bonds is 6. The van der Waals surface area contributed by atoms with Crippen LogP contribution in [0, 0.1) is 0 Å². The minimum atomic E-state index is -0.439. The molecule has 0 radical (unpaired) electrons. The lowest BCUT2D eigenvalue weighted by Gasteiger charge is -2.37. The van der Waals surface area contributed by atoms with Crippen molar-refractivity contribution in [1.29, 1.82) is 0 Å². The van der Waals surface area contributed by atoms with Gasteiger partial charge >= 0.3 is 0 Å². The summed E-state index contributed by atoms with van der Waals surface area (Å²) >= 11 is 3.44. The molecule has 0 heterocycles. The van der Waals surface area contributed by atoms with E-state index in [0.717, 1.165) is 0 Å². The molecule has 0 fully saturated rings. The zero-order chi connectivity index (χ0) is 16.8. The second kappa shape index (κ2) is 7.78. The third-order valence-corrected chi connectivity index (χ3v) is 5.27. The molecule has 0 aliphatic carbocycles. The van der Waals surface area contributed by atoms with E-state index in [1.807, 2.05) is 18.2 Å². The monoisotopic (exact) mass is 380 g/mol. The Morgan fingerprint density at radius 1 is 0.667 bits per heavy atom. The molecule has 1 atom stereocenters. The van der Waals surface area contributed by atoms with Gasteiger partial charge in [-0.05, 0) is 23.1 Å². The standard InChI is InChI=1S/C22H21BrO/c23-17-21(24)16-22(18-10-4-1-5-11-18,19-12-6-2-7-13-19)20-14-8-3-9-15-20/h1-15,21,24H,16-17H2. The Labute approximate surface area is 152 Å². The van der Waals surface area contributed by atoms with E-state index in [1.165, 1.54) is 16.7 Å². The first-order chi connectivity index (χ1) is 11.8. The molecule has 3 aromatic rings. The highest BCUT2D eigenvalue weighted by molar-refractivity contribution is 9.09. The van der Waals surface area contributed by atoms with Crippen molar-refractivity contribution in [2.45, 2.75) is 17.9 Å². The van der Waals surface area contributed by atoms with E-state index in [9.17, 15) is 5.11 Å². The van der Waals surface area contributed by atoms with Crippen LogP contribution in [0.1, 0.15) is 23.1 Å². The van der Waals surface area contributed by atoms with Gasteiger partial charge in [-0.1, -0.05) is 107 Å². The number of alkyl halides is 1. The number of halogens is 1. The highest BCUT2D eigenvalue weighted by Crippen LogP contribution is 2.43. The van der Waals surface area contributed by atoms with Crippen LogP contribution in [0.5, 0.6) is 0 Å². The molecule has 0 amide bonds. The van der Waals surface area contributed by atoms with Crippen LogP contribution in [0.4, 0.5) is 0 Å². The highest BCUT2D eigenvalue weighted by Gasteiger charge is 2.37. The van der Waals surface area contributed by atoms with Crippen molar-refractivity contribution in [3.05, 3.63) is 108 Å². The van der Waals surface area contributed by atoms with Gasteiger partial charge in [0.1, 0.15) is 0 Å². The SMILES string of the molecule is OC(CBr)CC(c1ccccc1)(c1ccccc1)c1ccccc1. The van der Waals surface area contributed by atoms with E-state index in [1.54, 1.807) is 0 Å². The maximum Gasteiger partial charge on any atom is 0.0652 e. The van der Waals surface area contributed by atoms with E-state index < -0.39 is 6.10 Å². The van der Waals surface area contributed by atoms with Crippen molar-refractivity contribution >= 4 is 15.9 Å². The van der Waals surface area contributed by atoms with Gasteiger partial charge in [-0.2, -0.15) is 0 Å². The van der Waals surface area contributed by atoms with Crippen LogP contribution in [0.25, 0.3) is 0 Å². The Morgan fingerprint density at radius 2 is 1.00 bits per heavy atom. The summed E-state index contributed by atoms with van der Waals surface area (Å²) in [5, 5.41) is 11.1. The fourth-order valence-electron chi connectivity index (χ4n) is 3.43. The average molecular weight is 381 g/mol. The molecule has 0 bridgehead atoms. The summed E-state index contributed by atoms with van der Waals surface area (Å²) in [6, 6.07) is 31.4. The molecule has 1 nitrogen and oxygen atoms in total. The van der Waals surface area contributed by atoms with Crippen LogP contribution >= 0.6 is 15.9 Å². The van der Waals surface area contributed by atoms with E-state index in [-0.39, 0.29) is 5.41 Å². The second-order valence-electron chi connectivity index (χ2n) is 6.02. The van der Waals surface area contributed by atoms with Gasteiger partial charge in [-0.3, -0.25) is 0 Å². The van der Waals surface area contributed by atoms with E-state index in [0.29, 0.717) is 11.8 Å². The predicted octanol–water partition coefficient (Wildman–Crippen LogP) is 5.17. The third-order valence-electron chi connectivity index (χ3n) is 4.52. The van der Waals surface area contributed by atoms with E-state index in [2.05, 4.69) is 88.7 Å². The normalized spacial score (nSPS) is 12.8. The highest BCUT2D eigenvalue weighted by atomic mass is 79.9. The molecule has 3 aromatic carbocycles. The number of benzene rings is 3. The third kappa shape index (κ3) is 3.31. The first-order valence-electron chi connectivity index (χ1n) is 8.18. The number of aliphatic hydroxyl groups excluding tert-OH is 1. The zero-order valence-corrected chi connectivity index (χ0v) is 15.1. The summed E-state index contributed by atoms with van der Waals surface area (Å²) < 4.78 is 0. The van der Waals surface area contributed by atoms with Crippen molar-refractivity contribution in [1.82, 2.24) is 0 Å². The summed E-state index contributed by atoms with van der Waals surface area (Å²) in [6.07, 6.45) is 0.182. The van der Waals surface area contributed by atoms with Crippen LogP contribution in [-0.4, -0.2) is 16.5 Å². The smallest absolute Gasteiger partial charge is 0.0652 e. The van der Waals surface area contributed by atoms with E-state index in [4.69, 9.17) is 0 Å². The van der Waals surface area contributed by atoms with E-state index >= 15 is 0 Å². The molecule has 1 unspecified atom stereocenters. The Hall–Kier alpha value is -1.90. The van der Waals surface area contributed by atoms with Crippen molar-refractivity contribution in [3.63, 3.8) is 0 Å². The van der Waals surface area contributed by atoms with Gasteiger partial charge in [-0.25, -0.2) is 0 Å². The second-order valence-corrected chi connectivity index (χ2v) is 6.66. The maximum absolute atomic E-state index is 10.5. The molecule has 2 heteroatoms. The van der Waals surface area contributed by atoms with Crippen LogP contribution in [0.2, 0.25) is 0 Å². The minimum Gasteiger partial charge on any atom is -0.392 e. The van der Waals surface area contributed by atoms with Gasteiger partial charge in [0.25, 0.3) is 0 Å². The molecular formula is C22H21BrO. The van der Waals surface area contributed by atoms with Crippen molar-refractivity contribution in [3.8, 4) is 0 Å². The van der Waals surface area contributed by atoms with Gasteiger partial charge < -0.3 is 5.11 Å². The lowest BCUT2D eigenvalue weighted by Crippen LogP contribution is -2.34. The molecule has 0 aromatic heterocycles. The van der Waals surface area contributed by atoms with Gasteiger partial charge in [0.15, 0.2) is 0 Å². The Morgan fingerprint density at radius 3 is 1.29 bits per heavy atom. The Balaban J connectivity index is 2.28. The first-order valence-corrected chi connectivity index (χ1v) is 9.30. The summed E-state index contributed by atoms with van der Waals surface area (Å²) in [5.41, 5.74) is 3.21. The molecule has 1 N–H and O–H groups in total. The molecule has 0 saturated heterocycles. The average Bonchev–Trinajstić information content (AvgIpc) is 2.68. The van der Waals surface area contributed by atoms with Crippen LogP contribution in [0.15, 0.2) is 91.0 Å². The van der Waals surface area contributed by atoms with Gasteiger partial charge in [0.2, 0.25) is 0 Å². The molecule has 122 valence electrons. The summed E-state index contributed by atoms with van der Waals surface area (Å²) in [5.74, 6) is 0. The van der Waals surface area contributed by atoms with Crippen LogP contribution in [-0.2, 0) is 5.41 Å². The number of hydrogen-bond acceptors (Lipinski definition) is 1. The largest absolute Gasteiger partial charge is 0.392 e. The number of aliphatic hydroxyl groups is 1. The quantitative estimate of drug-likeness (QED) is 0.462. The fraction of sp³-hybridized carbons (Fsp3) is 0.182. The first kappa shape index (κ1) is 16.9. The minimum absolute atomic E-state index is 0.378. The maximum atomic E-state index is 10.5. The van der Waals surface area contributed by atoms with Crippen molar-refractivity contribution in [2.75, 3.05) is 5.33 Å². The topological polar surface area (TPSA) is 20.2 Å². The lowest BCUT2D eigenvalue weighted by molar-refractivity contribution is 0.171. The number of hydrogen-bond donors (Lipinski definition) is 1. The summed E-state index contributed by atoms with van der Waals surface area (Å²) in [7, 11) is 0. The van der Waals surface area contributed by atoms with Crippen LogP contribution in [0.3, 0.4) is 0 Å². The molecular weight excluding hydrogens is 360 g/mol.